The van der Waals surface area contributed by atoms with E-state index in [2.05, 4.69) is 15.4 Å². The summed E-state index contributed by atoms with van der Waals surface area (Å²) in [6.07, 6.45) is 1.82. The van der Waals surface area contributed by atoms with Crippen LogP contribution in [0.25, 0.3) is 0 Å². The first-order valence-corrected chi connectivity index (χ1v) is 3.21. The van der Waals surface area contributed by atoms with Crippen LogP contribution in [0, 0.1) is 0 Å². The smallest absolute Gasteiger partial charge is 0.194 e. The van der Waals surface area contributed by atoms with Gasteiger partial charge in [-0.05, 0) is 0 Å². The van der Waals surface area contributed by atoms with Crippen LogP contribution in [0.3, 0.4) is 0 Å². The molecule has 0 aliphatic heterocycles. The van der Waals surface area contributed by atoms with Gasteiger partial charge in [0, 0.05) is 26.4 Å². The van der Waals surface area contributed by atoms with Gasteiger partial charge in [0.05, 0.1) is 0 Å². The molecular weight excluding hydrogens is 142 g/mol. The van der Waals surface area contributed by atoms with E-state index in [4.69, 9.17) is 5.73 Å². The minimum Gasteiger partial charge on any atom is -0.370 e. The third-order valence-corrected chi connectivity index (χ3v) is 1.21. The average Bonchev–Trinajstić information content (AvgIpc) is 2.35. The topological polar surface area (TPSA) is 68.2 Å². The number of hydrogen-bond donors (Lipinski definition) is 2. The Morgan fingerprint density at radius 2 is 2.55 bits per heavy atom. The summed E-state index contributed by atoms with van der Waals surface area (Å²) in [5, 5.41) is 6.85. The molecule has 0 bridgehead atoms. The van der Waals surface area contributed by atoms with Crippen LogP contribution in [0.2, 0.25) is 0 Å². The minimum absolute atomic E-state index is 0.365. The van der Waals surface area contributed by atoms with Crippen LogP contribution >= 0.6 is 0 Å². The lowest BCUT2D eigenvalue weighted by Gasteiger charge is -1.98. The van der Waals surface area contributed by atoms with Gasteiger partial charge >= 0.3 is 0 Å². The fourth-order valence-electron chi connectivity index (χ4n) is 0.669. The normalized spacial score (nSPS) is 11.6. The van der Waals surface area contributed by atoms with Crippen LogP contribution in [0.4, 0.5) is 5.82 Å². The van der Waals surface area contributed by atoms with Crippen molar-refractivity contribution in [1.29, 1.82) is 0 Å². The third-order valence-electron chi connectivity index (χ3n) is 1.21. The molecule has 60 valence electrons. The summed E-state index contributed by atoms with van der Waals surface area (Å²) < 4.78 is 1.69. The van der Waals surface area contributed by atoms with Crippen molar-refractivity contribution in [3.05, 3.63) is 12.3 Å². The molecule has 11 heavy (non-hydrogen) atoms. The van der Waals surface area contributed by atoms with E-state index < -0.39 is 0 Å². The number of hydrogen-bond acceptors (Lipinski definition) is 2. The second-order valence-corrected chi connectivity index (χ2v) is 2.11. The standard InChI is InChI=1S/C6H11N5/c1-8-6(7)9-5-3-4-11(2)10-5/h3-4H,1-2H3,(H3,7,8,9,10). The molecule has 0 amide bonds. The number of nitrogens with one attached hydrogen (secondary N) is 1. The van der Waals surface area contributed by atoms with Crippen molar-refractivity contribution in [2.75, 3.05) is 12.4 Å². The highest BCUT2D eigenvalue weighted by atomic mass is 15.3. The zero-order valence-corrected chi connectivity index (χ0v) is 6.57. The summed E-state index contributed by atoms with van der Waals surface area (Å²) in [5.74, 6) is 1.07. The van der Waals surface area contributed by atoms with Crippen molar-refractivity contribution >= 4 is 11.8 Å². The highest BCUT2D eigenvalue weighted by Gasteiger charge is 1.95. The Kier molecular flexibility index (Phi) is 2.10. The maximum absolute atomic E-state index is 5.40. The molecular formula is C6H11N5. The number of nitrogens with zero attached hydrogens (tertiary/aromatic N) is 3. The first-order valence-electron chi connectivity index (χ1n) is 3.21. The lowest BCUT2D eigenvalue weighted by Crippen LogP contribution is -2.22. The Morgan fingerprint density at radius 1 is 1.82 bits per heavy atom. The molecule has 0 fully saturated rings. The molecule has 0 radical (unpaired) electrons. The van der Waals surface area contributed by atoms with Gasteiger partial charge < -0.3 is 11.1 Å². The van der Waals surface area contributed by atoms with Gasteiger partial charge in [-0.2, -0.15) is 5.10 Å². The van der Waals surface area contributed by atoms with Crippen molar-refractivity contribution in [2.45, 2.75) is 0 Å². The Balaban J connectivity index is 2.65. The Hall–Kier alpha value is -1.52. The van der Waals surface area contributed by atoms with Crippen molar-refractivity contribution < 1.29 is 0 Å². The zero-order valence-electron chi connectivity index (χ0n) is 6.57. The molecule has 0 spiro atoms. The second-order valence-electron chi connectivity index (χ2n) is 2.11. The first-order chi connectivity index (χ1) is 5.22. The fourth-order valence-corrected chi connectivity index (χ4v) is 0.669. The molecule has 5 heteroatoms. The summed E-state index contributed by atoms with van der Waals surface area (Å²) in [6.45, 7) is 0. The number of nitrogens with two attached hydrogens (primary N) is 1. The largest absolute Gasteiger partial charge is 0.370 e. The number of rotatable bonds is 1. The molecule has 0 saturated carbocycles. The number of guanidine groups is 1. The number of aryl methyl sites for hydroxylation is 1. The maximum Gasteiger partial charge on any atom is 0.194 e. The summed E-state index contributed by atoms with van der Waals surface area (Å²) in [7, 11) is 3.45. The number of anilines is 1. The van der Waals surface area contributed by atoms with Crippen molar-refractivity contribution in [3.63, 3.8) is 0 Å². The van der Waals surface area contributed by atoms with E-state index in [1.54, 1.807) is 11.7 Å². The van der Waals surface area contributed by atoms with Gasteiger partial charge in [0.15, 0.2) is 11.8 Å². The van der Waals surface area contributed by atoms with Crippen LogP contribution in [0.5, 0.6) is 0 Å². The summed E-state index contributed by atoms with van der Waals surface area (Å²) in [4.78, 5) is 3.73. The van der Waals surface area contributed by atoms with Crippen LogP contribution in [-0.4, -0.2) is 22.8 Å². The van der Waals surface area contributed by atoms with Crippen molar-refractivity contribution in [1.82, 2.24) is 9.78 Å². The van der Waals surface area contributed by atoms with Gasteiger partial charge in [-0.3, -0.25) is 9.67 Å². The molecule has 5 nitrogen and oxygen atoms in total. The van der Waals surface area contributed by atoms with E-state index >= 15 is 0 Å². The lowest BCUT2D eigenvalue weighted by molar-refractivity contribution is 0.771. The Labute approximate surface area is 64.9 Å². The second kappa shape index (κ2) is 3.05. The lowest BCUT2D eigenvalue weighted by atomic mass is 10.6. The summed E-state index contributed by atoms with van der Waals surface area (Å²) in [5.41, 5.74) is 5.40. The van der Waals surface area contributed by atoms with E-state index in [1.165, 1.54) is 0 Å². The van der Waals surface area contributed by atoms with E-state index in [9.17, 15) is 0 Å². The molecule has 0 aliphatic carbocycles. The van der Waals surface area contributed by atoms with Crippen molar-refractivity contribution in [3.8, 4) is 0 Å². The van der Waals surface area contributed by atoms with E-state index in [0.717, 1.165) is 0 Å². The van der Waals surface area contributed by atoms with Crippen LogP contribution in [0.1, 0.15) is 0 Å². The molecule has 3 N–H and O–H groups in total. The highest BCUT2D eigenvalue weighted by Crippen LogP contribution is 1.98. The molecule has 0 saturated heterocycles. The average molecular weight is 153 g/mol. The summed E-state index contributed by atoms with van der Waals surface area (Å²) >= 11 is 0. The molecule has 1 rings (SSSR count). The van der Waals surface area contributed by atoms with E-state index in [-0.39, 0.29) is 0 Å². The highest BCUT2D eigenvalue weighted by molar-refractivity contribution is 5.91. The SMILES string of the molecule is CN=C(N)Nc1ccn(C)n1. The number of aliphatic imine (C=N–C) groups is 1. The predicted octanol–water partition coefficient (Wildman–Crippen LogP) is -0.224. The quantitative estimate of drug-likeness (QED) is 0.433. The molecule has 1 aromatic heterocycles. The van der Waals surface area contributed by atoms with Gasteiger partial charge in [-0.25, -0.2) is 0 Å². The minimum atomic E-state index is 0.365. The van der Waals surface area contributed by atoms with Gasteiger partial charge in [0.1, 0.15) is 0 Å². The Morgan fingerprint density at radius 3 is 3.00 bits per heavy atom. The number of aromatic nitrogens is 2. The fraction of sp³-hybridized carbons (Fsp3) is 0.333. The zero-order chi connectivity index (χ0) is 8.27. The maximum atomic E-state index is 5.40. The predicted molar refractivity (Wildman–Crippen MR) is 44.4 cm³/mol. The molecule has 1 heterocycles. The molecule has 1 aromatic rings. The van der Waals surface area contributed by atoms with Gasteiger partial charge in [0.2, 0.25) is 0 Å². The molecule has 0 aliphatic rings. The van der Waals surface area contributed by atoms with Crippen molar-refractivity contribution in [2.24, 2.45) is 17.8 Å². The van der Waals surface area contributed by atoms with Gasteiger partial charge in [-0.1, -0.05) is 0 Å². The summed E-state index contributed by atoms with van der Waals surface area (Å²) in [6, 6.07) is 1.82. The van der Waals surface area contributed by atoms with E-state index in [0.29, 0.717) is 11.8 Å². The Bertz CT molecular complexity index is 262. The monoisotopic (exact) mass is 153 g/mol. The van der Waals surface area contributed by atoms with Crippen LogP contribution in [-0.2, 0) is 7.05 Å². The van der Waals surface area contributed by atoms with Crippen LogP contribution < -0.4 is 11.1 Å². The third kappa shape index (κ3) is 1.96. The van der Waals surface area contributed by atoms with E-state index in [1.807, 2.05) is 19.3 Å². The molecule has 0 unspecified atom stereocenters. The first kappa shape index (κ1) is 7.59. The van der Waals surface area contributed by atoms with Crippen LogP contribution in [0.15, 0.2) is 17.3 Å². The molecule has 0 atom stereocenters. The van der Waals surface area contributed by atoms with Gasteiger partial charge in [-0.15, -0.1) is 0 Å². The molecule has 0 aromatic carbocycles. The van der Waals surface area contributed by atoms with Gasteiger partial charge in [0.25, 0.3) is 0 Å².